The van der Waals surface area contributed by atoms with Crippen molar-refractivity contribution in [1.82, 2.24) is 0 Å². The molecule has 4 rings (SSSR count). The summed E-state index contributed by atoms with van der Waals surface area (Å²) in [6, 6.07) is 39.0. The molecule has 0 radical (unpaired) electrons. The van der Waals surface area contributed by atoms with Crippen LogP contribution in [0.3, 0.4) is 0 Å². The van der Waals surface area contributed by atoms with Gasteiger partial charge in [0.05, 0.1) is 8.07 Å². The van der Waals surface area contributed by atoms with Gasteiger partial charge in [0.1, 0.15) is 11.2 Å². The molecule has 0 saturated carbocycles. The monoisotopic (exact) mass is 464 g/mol. The zero-order valence-electron chi connectivity index (χ0n) is 20.0. The fraction of sp³-hybridized carbons (Fsp3) is 0.161. The maximum atomic E-state index is 12.7. The van der Waals surface area contributed by atoms with Crippen LogP contribution in [0.25, 0.3) is 0 Å². The second-order valence-electron chi connectivity index (χ2n) is 9.75. The van der Waals surface area contributed by atoms with E-state index in [2.05, 4.69) is 19.6 Å². The lowest BCUT2D eigenvalue weighted by molar-refractivity contribution is 0.111. The van der Waals surface area contributed by atoms with E-state index in [9.17, 15) is 10.2 Å². The molecule has 0 unspecified atom stereocenters. The topological polar surface area (TPSA) is 40.5 Å². The molecule has 0 spiro atoms. The second kappa shape index (κ2) is 9.55. The van der Waals surface area contributed by atoms with E-state index in [1.165, 1.54) is 0 Å². The molecular formula is C31H32O2Si. The highest BCUT2D eigenvalue weighted by Gasteiger charge is 2.44. The molecule has 34 heavy (non-hydrogen) atoms. The third kappa shape index (κ3) is 4.55. The highest BCUT2D eigenvalue weighted by atomic mass is 28.3. The largest absolute Gasteiger partial charge is 0.377 e. The van der Waals surface area contributed by atoms with E-state index >= 15 is 0 Å². The summed E-state index contributed by atoms with van der Waals surface area (Å²) in [4.78, 5) is 0. The van der Waals surface area contributed by atoms with Gasteiger partial charge in [0.25, 0.3) is 0 Å². The van der Waals surface area contributed by atoms with Gasteiger partial charge >= 0.3 is 0 Å². The Morgan fingerprint density at radius 3 is 1.12 bits per heavy atom. The standard InChI is InChI=1S/C31H32O2Si/c1-34(2,3)29(31(33,27-20-12-6-13-21-27)28-22-14-7-15-23-28)24-30(32,25-16-8-4-9-17-25)26-18-10-5-11-19-26/h4-24,32-33H,1-3H3. The van der Waals surface area contributed by atoms with E-state index < -0.39 is 19.3 Å². The van der Waals surface area contributed by atoms with Crippen molar-refractivity contribution in [3.8, 4) is 0 Å². The van der Waals surface area contributed by atoms with Crippen molar-refractivity contribution in [2.24, 2.45) is 0 Å². The molecule has 4 aromatic rings. The Labute approximate surface area is 203 Å². The van der Waals surface area contributed by atoms with Crippen LogP contribution in [0.15, 0.2) is 133 Å². The number of benzene rings is 4. The predicted octanol–water partition coefficient (Wildman–Crippen LogP) is 6.66. The molecule has 2 nitrogen and oxygen atoms in total. The highest BCUT2D eigenvalue weighted by Crippen LogP contribution is 2.44. The van der Waals surface area contributed by atoms with E-state index in [0.29, 0.717) is 0 Å². The lowest BCUT2D eigenvalue weighted by Gasteiger charge is -2.41. The molecule has 0 fully saturated rings. The van der Waals surface area contributed by atoms with Crippen LogP contribution in [0.2, 0.25) is 19.6 Å². The summed E-state index contributed by atoms with van der Waals surface area (Å²) in [6.07, 6.45) is 1.92. The normalized spacial score (nSPS) is 13.0. The van der Waals surface area contributed by atoms with Gasteiger partial charge in [-0.05, 0) is 33.5 Å². The summed E-state index contributed by atoms with van der Waals surface area (Å²) < 4.78 is 0. The highest BCUT2D eigenvalue weighted by molar-refractivity contribution is 6.83. The molecule has 3 heteroatoms. The third-order valence-corrected chi connectivity index (χ3v) is 8.48. The molecule has 0 aromatic heterocycles. The van der Waals surface area contributed by atoms with E-state index in [1.54, 1.807) is 0 Å². The fourth-order valence-electron chi connectivity index (χ4n) is 4.63. The van der Waals surface area contributed by atoms with Gasteiger partial charge in [0.2, 0.25) is 0 Å². The summed E-state index contributed by atoms with van der Waals surface area (Å²) in [5.41, 5.74) is 0.317. The van der Waals surface area contributed by atoms with Crippen molar-refractivity contribution in [3.05, 3.63) is 155 Å². The summed E-state index contributed by atoms with van der Waals surface area (Å²) >= 11 is 0. The molecule has 172 valence electrons. The number of aliphatic hydroxyl groups is 2. The van der Waals surface area contributed by atoms with Crippen molar-refractivity contribution in [2.75, 3.05) is 0 Å². The fourth-order valence-corrected chi connectivity index (χ4v) is 6.64. The lowest BCUT2D eigenvalue weighted by Crippen LogP contribution is -2.43. The molecule has 0 heterocycles. The maximum Gasteiger partial charge on any atom is 0.133 e. The minimum atomic E-state index is -2.21. The van der Waals surface area contributed by atoms with Crippen LogP contribution in [-0.4, -0.2) is 18.3 Å². The van der Waals surface area contributed by atoms with Crippen LogP contribution in [0.4, 0.5) is 0 Å². The lowest BCUT2D eigenvalue weighted by atomic mass is 9.80. The summed E-state index contributed by atoms with van der Waals surface area (Å²) in [5, 5.41) is 25.9. The zero-order chi connectivity index (χ0) is 24.2. The number of hydrogen-bond acceptors (Lipinski definition) is 2. The third-order valence-electron chi connectivity index (χ3n) is 6.36. The average Bonchev–Trinajstić information content (AvgIpc) is 2.88. The average molecular weight is 465 g/mol. The predicted molar refractivity (Wildman–Crippen MR) is 143 cm³/mol. The van der Waals surface area contributed by atoms with Crippen LogP contribution in [0, 0.1) is 0 Å². The van der Waals surface area contributed by atoms with Gasteiger partial charge in [-0.1, -0.05) is 141 Å². The molecule has 2 N–H and O–H groups in total. The molecule has 0 aliphatic rings. The SMILES string of the molecule is C[Si](C)(C)C(=CC(O)(c1ccccc1)c1ccccc1)C(O)(c1ccccc1)c1ccccc1. The van der Waals surface area contributed by atoms with Gasteiger partial charge in [-0.2, -0.15) is 0 Å². The molecule has 0 bridgehead atoms. The molecule has 0 amide bonds. The second-order valence-corrected chi connectivity index (χ2v) is 14.8. The van der Waals surface area contributed by atoms with E-state index in [-0.39, 0.29) is 0 Å². The summed E-state index contributed by atoms with van der Waals surface area (Å²) in [7, 11) is -2.21. The quantitative estimate of drug-likeness (QED) is 0.300. The minimum absolute atomic E-state index is 0.764. The van der Waals surface area contributed by atoms with Gasteiger partial charge in [-0.25, -0.2) is 0 Å². The first kappa shape index (κ1) is 23.9. The Bertz CT molecular complexity index is 1150. The van der Waals surface area contributed by atoms with E-state index in [1.807, 2.05) is 127 Å². The van der Waals surface area contributed by atoms with Gasteiger partial charge in [-0.15, -0.1) is 0 Å². The summed E-state index contributed by atoms with van der Waals surface area (Å²) in [6.45, 7) is 6.64. The molecule has 0 saturated heterocycles. The van der Waals surface area contributed by atoms with Crippen molar-refractivity contribution in [3.63, 3.8) is 0 Å². The molecular weight excluding hydrogens is 432 g/mol. The van der Waals surface area contributed by atoms with Crippen LogP contribution in [0.1, 0.15) is 22.3 Å². The Hall–Kier alpha value is -3.24. The summed E-state index contributed by atoms with van der Waals surface area (Å²) in [5.74, 6) is 0. The Balaban J connectivity index is 2.07. The van der Waals surface area contributed by atoms with Crippen molar-refractivity contribution < 1.29 is 10.2 Å². The zero-order valence-corrected chi connectivity index (χ0v) is 21.0. The molecule has 0 aliphatic heterocycles. The molecule has 0 aliphatic carbocycles. The first-order valence-corrected chi connectivity index (χ1v) is 15.2. The first-order valence-electron chi connectivity index (χ1n) is 11.7. The van der Waals surface area contributed by atoms with Gasteiger partial charge in [0, 0.05) is 0 Å². The van der Waals surface area contributed by atoms with E-state index in [0.717, 1.165) is 27.5 Å². The van der Waals surface area contributed by atoms with Gasteiger partial charge in [-0.3, -0.25) is 0 Å². The van der Waals surface area contributed by atoms with Crippen LogP contribution in [-0.2, 0) is 11.2 Å². The molecule has 0 atom stereocenters. The van der Waals surface area contributed by atoms with Gasteiger partial charge < -0.3 is 10.2 Å². The van der Waals surface area contributed by atoms with Crippen LogP contribution < -0.4 is 0 Å². The van der Waals surface area contributed by atoms with Crippen LogP contribution >= 0.6 is 0 Å². The molecule has 4 aromatic carbocycles. The van der Waals surface area contributed by atoms with Crippen molar-refractivity contribution in [1.29, 1.82) is 0 Å². The minimum Gasteiger partial charge on any atom is -0.377 e. The van der Waals surface area contributed by atoms with Crippen molar-refractivity contribution >= 4 is 8.07 Å². The Morgan fingerprint density at radius 2 is 0.824 bits per heavy atom. The van der Waals surface area contributed by atoms with Crippen molar-refractivity contribution in [2.45, 2.75) is 30.8 Å². The first-order chi connectivity index (χ1) is 16.3. The Kier molecular flexibility index (Phi) is 6.71. The van der Waals surface area contributed by atoms with E-state index in [4.69, 9.17) is 0 Å². The van der Waals surface area contributed by atoms with Crippen LogP contribution in [0.5, 0.6) is 0 Å². The Morgan fingerprint density at radius 1 is 0.529 bits per heavy atom. The number of rotatable bonds is 7. The smallest absolute Gasteiger partial charge is 0.133 e. The van der Waals surface area contributed by atoms with Gasteiger partial charge in [0.15, 0.2) is 0 Å². The number of hydrogen-bond donors (Lipinski definition) is 2. The maximum absolute atomic E-state index is 12.7.